The van der Waals surface area contributed by atoms with Crippen molar-refractivity contribution in [2.24, 2.45) is 0 Å². The van der Waals surface area contributed by atoms with Crippen LogP contribution in [-0.2, 0) is 10.9 Å². The summed E-state index contributed by atoms with van der Waals surface area (Å²) in [5.74, 6) is 0.108. The van der Waals surface area contributed by atoms with Crippen LogP contribution in [0, 0.1) is 0 Å². The van der Waals surface area contributed by atoms with E-state index in [0.717, 1.165) is 12.1 Å². The first-order valence-corrected chi connectivity index (χ1v) is 10.5. The zero-order valence-corrected chi connectivity index (χ0v) is 17.8. The summed E-state index contributed by atoms with van der Waals surface area (Å²) in [4.78, 5) is 23.6. The van der Waals surface area contributed by atoms with E-state index in [2.05, 4.69) is 20.4 Å². The Balaban J connectivity index is 1.60. The molecule has 4 aromatic rings. The molecule has 1 saturated heterocycles. The third-order valence-electron chi connectivity index (χ3n) is 5.40. The molecule has 0 aliphatic carbocycles. The summed E-state index contributed by atoms with van der Waals surface area (Å²) in [6.07, 6.45) is 0.146. The van der Waals surface area contributed by atoms with Crippen LogP contribution >= 0.6 is 0 Å². The highest BCUT2D eigenvalue weighted by atomic mass is 19.4. The minimum Gasteiger partial charge on any atom is -0.378 e. The fourth-order valence-electron chi connectivity index (χ4n) is 3.71. The van der Waals surface area contributed by atoms with E-state index in [1.54, 1.807) is 24.4 Å². The Hall–Kier alpha value is -3.99. The third kappa shape index (κ3) is 4.42. The molecule has 1 amide bonds. The van der Waals surface area contributed by atoms with Gasteiger partial charge in [-0.1, -0.05) is 12.1 Å². The van der Waals surface area contributed by atoms with E-state index in [1.807, 2.05) is 4.90 Å². The van der Waals surface area contributed by atoms with Crippen molar-refractivity contribution in [2.75, 3.05) is 36.5 Å². The minimum atomic E-state index is -4.48. The quantitative estimate of drug-likeness (QED) is 0.489. The van der Waals surface area contributed by atoms with Gasteiger partial charge < -0.3 is 15.0 Å². The molecule has 34 heavy (non-hydrogen) atoms. The zero-order chi connectivity index (χ0) is 23.7. The molecule has 11 heteroatoms. The Morgan fingerprint density at radius 2 is 1.91 bits per heavy atom. The van der Waals surface area contributed by atoms with Gasteiger partial charge in [0, 0.05) is 24.8 Å². The molecule has 1 aliphatic heterocycles. The number of benzene rings is 1. The monoisotopic (exact) mass is 468 g/mol. The molecule has 1 aliphatic rings. The van der Waals surface area contributed by atoms with Crippen LogP contribution in [0.15, 0.2) is 61.1 Å². The van der Waals surface area contributed by atoms with E-state index in [4.69, 9.17) is 4.74 Å². The predicted octanol–water partition coefficient (Wildman–Crippen LogP) is 3.90. The predicted molar refractivity (Wildman–Crippen MR) is 119 cm³/mol. The second-order valence-corrected chi connectivity index (χ2v) is 7.68. The van der Waals surface area contributed by atoms with Crippen molar-refractivity contribution in [3.8, 4) is 11.3 Å². The molecule has 4 heterocycles. The largest absolute Gasteiger partial charge is 0.416 e. The highest BCUT2D eigenvalue weighted by molar-refractivity contribution is 6.08. The first-order valence-electron chi connectivity index (χ1n) is 10.5. The molecule has 5 rings (SSSR count). The Morgan fingerprint density at radius 1 is 1.09 bits per heavy atom. The van der Waals surface area contributed by atoms with Crippen LogP contribution in [0.2, 0.25) is 0 Å². The average Bonchev–Trinajstić information content (AvgIpc) is 3.28. The Kier molecular flexibility index (Phi) is 5.62. The van der Waals surface area contributed by atoms with Crippen LogP contribution in [-0.4, -0.2) is 51.8 Å². The molecule has 0 saturated carbocycles. The first kappa shape index (κ1) is 21.8. The number of morpholine rings is 1. The number of imidazole rings is 1. The summed E-state index contributed by atoms with van der Waals surface area (Å²) >= 11 is 0. The van der Waals surface area contributed by atoms with Gasteiger partial charge in [0.05, 0.1) is 48.1 Å². The SMILES string of the molecule is O=C(Nc1cccnc1)c1cc(N2CCOCC2)nn2cc(-c3cccc(C(F)(F)F)c3)nc12. The van der Waals surface area contributed by atoms with E-state index in [9.17, 15) is 18.0 Å². The van der Waals surface area contributed by atoms with Crippen molar-refractivity contribution in [3.63, 3.8) is 0 Å². The Labute approximate surface area is 192 Å². The fourth-order valence-corrected chi connectivity index (χ4v) is 3.71. The van der Waals surface area contributed by atoms with E-state index < -0.39 is 17.6 Å². The highest BCUT2D eigenvalue weighted by Crippen LogP contribution is 2.32. The van der Waals surface area contributed by atoms with Gasteiger partial charge in [-0.25, -0.2) is 9.50 Å². The molecule has 8 nitrogen and oxygen atoms in total. The number of alkyl halides is 3. The van der Waals surface area contributed by atoms with Gasteiger partial charge in [-0.05, 0) is 30.3 Å². The maximum absolute atomic E-state index is 13.2. The number of nitrogens with one attached hydrogen (secondary N) is 1. The second-order valence-electron chi connectivity index (χ2n) is 7.68. The van der Waals surface area contributed by atoms with E-state index in [1.165, 1.54) is 29.0 Å². The molecule has 0 unspecified atom stereocenters. The van der Waals surface area contributed by atoms with Gasteiger partial charge >= 0.3 is 6.18 Å². The van der Waals surface area contributed by atoms with Crippen molar-refractivity contribution in [1.29, 1.82) is 0 Å². The number of hydrogen-bond donors (Lipinski definition) is 1. The molecule has 0 spiro atoms. The van der Waals surface area contributed by atoms with Gasteiger partial charge in [-0.3, -0.25) is 9.78 Å². The summed E-state index contributed by atoms with van der Waals surface area (Å²) in [7, 11) is 0. The summed E-state index contributed by atoms with van der Waals surface area (Å²) in [6.45, 7) is 2.24. The number of ether oxygens (including phenoxy) is 1. The number of aromatic nitrogens is 4. The number of hydrogen-bond acceptors (Lipinski definition) is 6. The van der Waals surface area contributed by atoms with Crippen LogP contribution in [0.4, 0.5) is 24.7 Å². The van der Waals surface area contributed by atoms with Crippen molar-refractivity contribution in [1.82, 2.24) is 19.6 Å². The minimum absolute atomic E-state index is 0.228. The third-order valence-corrected chi connectivity index (χ3v) is 5.40. The highest BCUT2D eigenvalue weighted by Gasteiger charge is 2.30. The van der Waals surface area contributed by atoms with Gasteiger partial charge in [0.1, 0.15) is 0 Å². The van der Waals surface area contributed by atoms with Gasteiger partial charge in [0.2, 0.25) is 0 Å². The molecule has 0 bridgehead atoms. The lowest BCUT2D eigenvalue weighted by Crippen LogP contribution is -2.37. The summed E-state index contributed by atoms with van der Waals surface area (Å²) in [5.41, 5.74) is 0.725. The van der Waals surface area contributed by atoms with Gasteiger partial charge in [0.25, 0.3) is 5.91 Å². The van der Waals surface area contributed by atoms with Gasteiger partial charge in [-0.15, -0.1) is 5.10 Å². The topological polar surface area (TPSA) is 84.7 Å². The first-order chi connectivity index (χ1) is 16.4. The van der Waals surface area contributed by atoms with E-state index in [-0.39, 0.29) is 22.5 Å². The number of halogens is 3. The van der Waals surface area contributed by atoms with Crippen molar-refractivity contribution >= 4 is 23.1 Å². The van der Waals surface area contributed by atoms with Crippen LogP contribution in [0.3, 0.4) is 0 Å². The number of fused-ring (bicyclic) bond motifs is 1. The standard InChI is InChI=1S/C23H19F3N6O2/c24-23(25,26)16-4-1-3-15(11-16)19-14-32-21(29-19)18(22(33)28-17-5-2-6-27-13-17)12-20(30-32)31-7-9-34-10-8-31/h1-6,11-14H,7-10H2,(H,28,33). The van der Waals surface area contributed by atoms with Crippen LogP contribution in [0.1, 0.15) is 15.9 Å². The average molecular weight is 468 g/mol. The number of carbonyl (C=O) groups is 1. The van der Waals surface area contributed by atoms with E-state index in [0.29, 0.717) is 37.8 Å². The lowest BCUT2D eigenvalue weighted by atomic mass is 10.1. The van der Waals surface area contributed by atoms with Crippen molar-refractivity contribution in [3.05, 3.63) is 72.2 Å². The molecule has 0 atom stereocenters. The number of anilines is 2. The molecule has 0 radical (unpaired) electrons. The maximum Gasteiger partial charge on any atom is 0.416 e. The Morgan fingerprint density at radius 3 is 2.65 bits per heavy atom. The number of pyridine rings is 1. The normalized spacial score (nSPS) is 14.4. The molecule has 1 N–H and O–H groups in total. The lowest BCUT2D eigenvalue weighted by molar-refractivity contribution is -0.137. The van der Waals surface area contributed by atoms with Gasteiger partial charge in [0.15, 0.2) is 11.5 Å². The number of rotatable bonds is 4. The molecule has 1 aromatic carbocycles. The summed E-state index contributed by atoms with van der Waals surface area (Å²) in [5, 5.41) is 7.36. The van der Waals surface area contributed by atoms with Crippen molar-refractivity contribution < 1.29 is 22.7 Å². The number of amides is 1. The molecule has 174 valence electrons. The maximum atomic E-state index is 13.2. The van der Waals surface area contributed by atoms with Crippen LogP contribution < -0.4 is 10.2 Å². The summed E-state index contributed by atoms with van der Waals surface area (Å²) in [6, 6.07) is 9.92. The van der Waals surface area contributed by atoms with E-state index >= 15 is 0 Å². The molecule has 3 aromatic heterocycles. The molecule has 1 fully saturated rings. The Bertz CT molecular complexity index is 1330. The smallest absolute Gasteiger partial charge is 0.378 e. The van der Waals surface area contributed by atoms with Crippen LogP contribution in [0.25, 0.3) is 16.9 Å². The molecular weight excluding hydrogens is 449 g/mol. The number of carbonyl (C=O) groups excluding carboxylic acids is 1. The number of nitrogens with zero attached hydrogens (tertiary/aromatic N) is 5. The fraction of sp³-hybridized carbons (Fsp3) is 0.217. The second kappa shape index (κ2) is 8.75. The zero-order valence-electron chi connectivity index (χ0n) is 17.8. The van der Waals surface area contributed by atoms with Crippen molar-refractivity contribution in [2.45, 2.75) is 6.18 Å². The summed E-state index contributed by atoms with van der Waals surface area (Å²) < 4.78 is 46.5. The molecular formula is C23H19F3N6O2. The van der Waals surface area contributed by atoms with Crippen LogP contribution in [0.5, 0.6) is 0 Å². The van der Waals surface area contributed by atoms with Gasteiger partial charge in [-0.2, -0.15) is 13.2 Å². The lowest BCUT2D eigenvalue weighted by Gasteiger charge is -2.27.